The van der Waals surface area contributed by atoms with Crippen LogP contribution in [0.2, 0.25) is 0 Å². The van der Waals surface area contributed by atoms with Gasteiger partial charge in [0.25, 0.3) is 5.91 Å². The van der Waals surface area contributed by atoms with E-state index in [2.05, 4.69) is 5.32 Å². The largest absolute Gasteiger partial charge is 0.333 e. The predicted molar refractivity (Wildman–Crippen MR) is 119 cm³/mol. The van der Waals surface area contributed by atoms with E-state index in [1.54, 1.807) is 12.1 Å². The van der Waals surface area contributed by atoms with E-state index in [1.807, 2.05) is 4.90 Å². The van der Waals surface area contributed by atoms with Crippen LogP contribution >= 0.6 is 12.2 Å². The van der Waals surface area contributed by atoms with Gasteiger partial charge in [0.05, 0.1) is 12.1 Å². The number of carbonyl (C=O) groups is 2. The minimum Gasteiger partial charge on any atom is -0.333 e. The third-order valence-corrected chi connectivity index (χ3v) is 6.21. The summed E-state index contributed by atoms with van der Waals surface area (Å²) in [6.45, 7) is 0. The molecular weight excluding hydrogens is 420 g/mol. The van der Waals surface area contributed by atoms with Gasteiger partial charge in [-0.05, 0) is 61.5 Å². The van der Waals surface area contributed by atoms with Crippen LogP contribution in [0.1, 0.15) is 38.5 Å². The smallest absolute Gasteiger partial charge is 0.256 e. The lowest BCUT2D eigenvalue weighted by atomic mass is 9.93. The van der Waals surface area contributed by atoms with Crippen molar-refractivity contribution < 1.29 is 18.4 Å². The Labute approximate surface area is 185 Å². The summed E-state index contributed by atoms with van der Waals surface area (Å²) in [5.41, 5.74) is 0.536. The Hall–Kier alpha value is -2.87. The van der Waals surface area contributed by atoms with Crippen LogP contribution in [0.3, 0.4) is 0 Å². The molecule has 1 heterocycles. The summed E-state index contributed by atoms with van der Waals surface area (Å²) in [5, 5.41) is 2.94. The van der Waals surface area contributed by atoms with Gasteiger partial charge < -0.3 is 10.2 Å². The monoisotopic (exact) mass is 443 g/mol. The van der Waals surface area contributed by atoms with E-state index in [0.29, 0.717) is 5.69 Å². The maximum absolute atomic E-state index is 14.5. The number of nitrogens with one attached hydrogen (secondary N) is 1. The number of nitrogens with zero attached hydrogens (tertiary/aromatic N) is 2. The Morgan fingerprint density at radius 3 is 2.39 bits per heavy atom. The molecule has 1 aliphatic heterocycles. The van der Waals surface area contributed by atoms with Crippen LogP contribution in [0.5, 0.6) is 0 Å². The fraction of sp³-hybridized carbons (Fsp3) is 0.348. The Bertz CT molecular complexity index is 993. The zero-order chi connectivity index (χ0) is 22.0. The zero-order valence-corrected chi connectivity index (χ0v) is 17.7. The van der Waals surface area contributed by atoms with E-state index in [0.717, 1.165) is 32.1 Å². The Kier molecular flexibility index (Phi) is 6.27. The average Bonchev–Trinajstić information content (AvgIpc) is 3.00. The van der Waals surface area contributed by atoms with Crippen molar-refractivity contribution in [2.45, 2.75) is 50.6 Å². The average molecular weight is 444 g/mol. The summed E-state index contributed by atoms with van der Waals surface area (Å²) < 4.78 is 27.6. The van der Waals surface area contributed by atoms with Crippen LogP contribution in [0.15, 0.2) is 48.5 Å². The van der Waals surface area contributed by atoms with E-state index in [9.17, 15) is 18.4 Å². The highest BCUT2D eigenvalue weighted by molar-refractivity contribution is 7.80. The highest BCUT2D eigenvalue weighted by atomic mass is 32.1. The molecule has 4 rings (SSSR count). The number of hydrogen-bond acceptors (Lipinski definition) is 3. The number of carbonyl (C=O) groups excluding carboxylic acids is 2. The molecule has 1 saturated carbocycles. The third-order valence-electron chi connectivity index (χ3n) is 5.82. The molecule has 1 N–H and O–H groups in total. The second-order valence-corrected chi connectivity index (χ2v) is 8.25. The van der Waals surface area contributed by atoms with Gasteiger partial charge in [0.2, 0.25) is 5.91 Å². The van der Waals surface area contributed by atoms with Gasteiger partial charge in [-0.25, -0.2) is 8.78 Å². The summed E-state index contributed by atoms with van der Waals surface area (Å²) in [6, 6.07) is 10.6. The lowest BCUT2D eigenvalue weighted by molar-refractivity contribution is -0.125. The molecule has 0 bridgehead atoms. The molecule has 1 aliphatic carbocycles. The van der Waals surface area contributed by atoms with Crippen LogP contribution < -0.4 is 10.2 Å². The van der Waals surface area contributed by atoms with Crippen LogP contribution in [0.25, 0.3) is 0 Å². The first-order valence-electron chi connectivity index (χ1n) is 10.4. The van der Waals surface area contributed by atoms with Crippen molar-refractivity contribution >= 4 is 40.5 Å². The molecule has 1 unspecified atom stereocenters. The Morgan fingerprint density at radius 2 is 1.71 bits per heavy atom. The van der Waals surface area contributed by atoms with Crippen LogP contribution in [-0.4, -0.2) is 33.9 Å². The van der Waals surface area contributed by atoms with Crippen molar-refractivity contribution in [2.75, 3.05) is 10.2 Å². The fourth-order valence-corrected chi connectivity index (χ4v) is 4.81. The first-order valence-corrected chi connectivity index (χ1v) is 10.8. The van der Waals surface area contributed by atoms with Crippen LogP contribution in [0.4, 0.5) is 20.2 Å². The summed E-state index contributed by atoms with van der Waals surface area (Å²) in [4.78, 5) is 29.1. The van der Waals surface area contributed by atoms with E-state index in [4.69, 9.17) is 12.2 Å². The van der Waals surface area contributed by atoms with Crippen LogP contribution in [0, 0.1) is 11.6 Å². The predicted octanol–water partition coefficient (Wildman–Crippen LogP) is 4.63. The van der Waals surface area contributed by atoms with Gasteiger partial charge >= 0.3 is 0 Å². The molecular formula is C23H23F2N3O2S. The zero-order valence-electron chi connectivity index (χ0n) is 16.9. The lowest BCUT2D eigenvalue weighted by Crippen LogP contribution is -2.45. The topological polar surface area (TPSA) is 52.7 Å². The van der Waals surface area contributed by atoms with Gasteiger partial charge in [-0.15, -0.1) is 0 Å². The highest BCUT2D eigenvalue weighted by Crippen LogP contribution is 2.34. The van der Waals surface area contributed by atoms with Crippen molar-refractivity contribution in [3.8, 4) is 0 Å². The SMILES string of the molecule is O=C(CC1C(=O)N(c2ccccc2F)C(=S)N1C1CCCCC1)Nc1ccc(F)cc1. The molecule has 0 spiro atoms. The molecule has 5 nitrogen and oxygen atoms in total. The van der Waals surface area contributed by atoms with Gasteiger partial charge in [0.1, 0.15) is 17.7 Å². The lowest BCUT2D eigenvalue weighted by Gasteiger charge is -2.35. The molecule has 2 fully saturated rings. The molecule has 0 aromatic heterocycles. The molecule has 162 valence electrons. The maximum atomic E-state index is 14.5. The second-order valence-electron chi connectivity index (χ2n) is 7.88. The molecule has 8 heteroatoms. The van der Waals surface area contributed by atoms with E-state index in [1.165, 1.54) is 41.3 Å². The Morgan fingerprint density at radius 1 is 1.03 bits per heavy atom. The summed E-state index contributed by atoms with van der Waals surface area (Å²) in [7, 11) is 0. The molecule has 1 atom stereocenters. The van der Waals surface area contributed by atoms with Crippen molar-refractivity contribution in [1.29, 1.82) is 0 Å². The van der Waals surface area contributed by atoms with Crippen LogP contribution in [-0.2, 0) is 9.59 Å². The number of thiocarbonyl (C=S) groups is 1. The van der Waals surface area contributed by atoms with E-state index >= 15 is 0 Å². The summed E-state index contributed by atoms with van der Waals surface area (Å²) >= 11 is 5.63. The first kappa shape index (κ1) is 21.4. The summed E-state index contributed by atoms with van der Waals surface area (Å²) in [6.07, 6.45) is 4.77. The number of para-hydroxylation sites is 1. The minimum absolute atomic E-state index is 0.0330. The van der Waals surface area contributed by atoms with Gasteiger partial charge in [-0.3, -0.25) is 14.5 Å². The summed E-state index contributed by atoms with van der Waals surface area (Å²) in [5.74, 6) is -1.74. The van der Waals surface area contributed by atoms with Gasteiger partial charge in [-0.2, -0.15) is 0 Å². The van der Waals surface area contributed by atoms with Crippen molar-refractivity contribution in [1.82, 2.24) is 4.90 Å². The number of amides is 2. The minimum atomic E-state index is -0.810. The number of rotatable bonds is 5. The molecule has 2 aromatic rings. The van der Waals surface area contributed by atoms with Crippen molar-refractivity contribution in [2.24, 2.45) is 0 Å². The molecule has 0 radical (unpaired) electrons. The van der Waals surface area contributed by atoms with Gasteiger partial charge in [0, 0.05) is 11.7 Å². The van der Waals surface area contributed by atoms with Gasteiger partial charge in [-0.1, -0.05) is 31.4 Å². The van der Waals surface area contributed by atoms with E-state index < -0.39 is 23.6 Å². The molecule has 1 saturated heterocycles. The molecule has 2 amide bonds. The fourth-order valence-electron chi connectivity index (χ4n) is 4.34. The van der Waals surface area contributed by atoms with Crippen molar-refractivity contribution in [3.05, 3.63) is 60.2 Å². The normalized spacial score (nSPS) is 19.7. The van der Waals surface area contributed by atoms with E-state index in [-0.39, 0.29) is 29.2 Å². The number of anilines is 2. The molecule has 31 heavy (non-hydrogen) atoms. The maximum Gasteiger partial charge on any atom is 0.256 e. The van der Waals surface area contributed by atoms with Gasteiger partial charge in [0.15, 0.2) is 5.11 Å². The Balaban J connectivity index is 1.60. The van der Waals surface area contributed by atoms with Crippen molar-refractivity contribution in [3.63, 3.8) is 0 Å². The molecule has 2 aromatic carbocycles. The molecule has 2 aliphatic rings. The first-order chi connectivity index (χ1) is 15.0. The number of benzene rings is 2. The number of halogens is 2. The number of hydrogen-bond donors (Lipinski definition) is 1. The quantitative estimate of drug-likeness (QED) is 0.685. The third kappa shape index (κ3) is 4.44. The second kappa shape index (κ2) is 9.09. The highest BCUT2D eigenvalue weighted by Gasteiger charge is 2.47. The standard InChI is InChI=1S/C23H23F2N3O2S/c24-15-10-12-16(13-11-15)26-21(29)14-20-22(30)28(19-9-5-4-8-18(19)25)23(31)27(20)17-6-2-1-3-7-17/h4-5,8-13,17,20H,1-3,6-7,14H2,(H,26,29).